The van der Waals surface area contributed by atoms with Crippen LogP contribution in [0.3, 0.4) is 0 Å². The quantitative estimate of drug-likeness (QED) is 0.579. The minimum Gasteiger partial charge on any atom is -0.161 e. The summed E-state index contributed by atoms with van der Waals surface area (Å²) in [6, 6.07) is 0. The monoisotopic (exact) mass is 206 g/mol. The van der Waals surface area contributed by atoms with Crippen LogP contribution in [0.5, 0.6) is 0 Å². The molecule has 0 radical (unpaired) electrons. The van der Waals surface area contributed by atoms with Crippen molar-refractivity contribution in [3.8, 4) is 0 Å². The number of rotatable bonds is 7. The van der Waals surface area contributed by atoms with E-state index in [1.54, 1.807) is 0 Å². The van der Waals surface area contributed by atoms with Crippen LogP contribution in [0, 0.1) is 5.92 Å². The molecule has 0 rings (SSSR count). The summed E-state index contributed by atoms with van der Waals surface area (Å²) >= 11 is 4.17. The number of hydrogen-bond donors (Lipinski definition) is 0. The third kappa shape index (κ3) is 10.7. The topological polar surface area (TPSA) is 0 Å². The molecule has 0 aliphatic carbocycles. The van der Waals surface area contributed by atoms with Crippen LogP contribution < -0.4 is 0 Å². The van der Waals surface area contributed by atoms with E-state index in [0.29, 0.717) is 0 Å². The fraction of sp³-hybridized carbons (Fsp3) is 1.00. The Bertz CT molecular complexity index is 77.8. The van der Waals surface area contributed by atoms with Crippen LogP contribution in [0.25, 0.3) is 0 Å². The van der Waals surface area contributed by atoms with Gasteiger partial charge in [0.15, 0.2) is 0 Å². The fourth-order valence-electron chi connectivity index (χ4n) is 0.764. The van der Waals surface area contributed by atoms with Crippen molar-refractivity contribution in [2.75, 3.05) is 17.3 Å². The first-order valence-electron chi connectivity index (χ1n) is 4.82. The van der Waals surface area contributed by atoms with Crippen LogP contribution in [0.4, 0.5) is 0 Å². The first kappa shape index (κ1) is 12.7. The van der Waals surface area contributed by atoms with E-state index in [2.05, 4.69) is 51.2 Å². The van der Waals surface area contributed by atoms with E-state index in [0.717, 1.165) is 11.2 Å². The molecule has 0 unspecified atom stereocenters. The maximum Gasteiger partial charge on any atom is 0.00261 e. The molecular formula is C10H22S2. The van der Waals surface area contributed by atoms with E-state index in [9.17, 15) is 0 Å². The van der Waals surface area contributed by atoms with Crippen molar-refractivity contribution in [3.05, 3.63) is 0 Å². The molecule has 0 saturated carbocycles. The van der Waals surface area contributed by atoms with Crippen molar-refractivity contribution in [2.24, 2.45) is 5.92 Å². The second-order valence-electron chi connectivity index (χ2n) is 3.71. The second-order valence-corrected chi connectivity index (χ2v) is 6.62. The van der Waals surface area contributed by atoms with E-state index >= 15 is 0 Å². The molecule has 0 nitrogen and oxygen atoms in total. The van der Waals surface area contributed by atoms with E-state index in [4.69, 9.17) is 0 Å². The Kier molecular flexibility index (Phi) is 8.79. The average Bonchev–Trinajstić information content (AvgIpc) is 1.95. The SMILES string of the molecule is CC(C)CCSCCSC(C)C. The molecule has 0 aliphatic heterocycles. The lowest BCUT2D eigenvalue weighted by molar-refractivity contribution is 0.632. The van der Waals surface area contributed by atoms with Crippen LogP contribution in [-0.2, 0) is 0 Å². The Morgan fingerprint density at radius 2 is 1.58 bits per heavy atom. The summed E-state index contributed by atoms with van der Waals surface area (Å²) in [5, 5.41) is 0.802. The molecule has 74 valence electrons. The van der Waals surface area contributed by atoms with Gasteiger partial charge in [-0.05, 0) is 23.3 Å². The summed E-state index contributed by atoms with van der Waals surface area (Å²) in [6.45, 7) is 9.12. The van der Waals surface area contributed by atoms with E-state index in [1.165, 1.54) is 23.7 Å². The second kappa shape index (κ2) is 8.31. The van der Waals surface area contributed by atoms with Gasteiger partial charge in [0.1, 0.15) is 0 Å². The van der Waals surface area contributed by atoms with Gasteiger partial charge in [-0.3, -0.25) is 0 Å². The van der Waals surface area contributed by atoms with Crippen LogP contribution >= 0.6 is 23.5 Å². The van der Waals surface area contributed by atoms with Gasteiger partial charge in [-0.1, -0.05) is 27.7 Å². The van der Waals surface area contributed by atoms with Gasteiger partial charge in [-0.25, -0.2) is 0 Å². The molecular weight excluding hydrogens is 184 g/mol. The average molecular weight is 206 g/mol. The van der Waals surface area contributed by atoms with Gasteiger partial charge in [-0.2, -0.15) is 23.5 Å². The molecule has 0 heterocycles. The van der Waals surface area contributed by atoms with Crippen LogP contribution in [0.2, 0.25) is 0 Å². The Morgan fingerprint density at radius 3 is 2.08 bits per heavy atom. The van der Waals surface area contributed by atoms with E-state index < -0.39 is 0 Å². The van der Waals surface area contributed by atoms with Gasteiger partial charge >= 0.3 is 0 Å². The Morgan fingerprint density at radius 1 is 0.917 bits per heavy atom. The van der Waals surface area contributed by atoms with Gasteiger partial charge in [0.05, 0.1) is 0 Å². The van der Waals surface area contributed by atoms with Gasteiger partial charge in [-0.15, -0.1) is 0 Å². The minimum absolute atomic E-state index is 0.802. The van der Waals surface area contributed by atoms with Crippen molar-refractivity contribution in [3.63, 3.8) is 0 Å². The Labute approximate surface area is 86.3 Å². The van der Waals surface area contributed by atoms with Crippen molar-refractivity contribution in [2.45, 2.75) is 39.4 Å². The minimum atomic E-state index is 0.802. The van der Waals surface area contributed by atoms with Crippen LogP contribution in [-0.4, -0.2) is 22.5 Å². The molecule has 0 N–H and O–H groups in total. The van der Waals surface area contributed by atoms with E-state index in [1.807, 2.05) is 0 Å². The van der Waals surface area contributed by atoms with Crippen molar-refractivity contribution in [1.82, 2.24) is 0 Å². The van der Waals surface area contributed by atoms with Crippen molar-refractivity contribution < 1.29 is 0 Å². The summed E-state index contributed by atoms with van der Waals surface area (Å²) in [7, 11) is 0. The molecule has 0 aromatic carbocycles. The zero-order valence-corrected chi connectivity index (χ0v) is 10.4. The zero-order chi connectivity index (χ0) is 9.40. The summed E-state index contributed by atoms with van der Waals surface area (Å²) in [5.41, 5.74) is 0. The van der Waals surface area contributed by atoms with Crippen molar-refractivity contribution >= 4 is 23.5 Å². The fourth-order valence-corrected chi connectivity index (χ4v) is 2.93. The molecule has 0 atom stereocenters. The lowest BCUT2D eigenvalue weighted by Crippen LogP contribution is -1.95. The summed E-state index contributed by atoms with van der Waals surface area (Å²) in [5.74, 6) is 4.86. The third-order valence-corrected chi connectivity index (χ3v) is 3.90. The van der Waals surface area contributed by atoms with Gasteiger partial charge in [0.25, 0.3) is 0 Å². The molecule has 0 saturated heterocycles. The van der Waals surface area contributed by atoms with Crippen molar-refractivity contribution in [1.29, 1.82) is 0 Å². The van der Waals surface area contributed by atoms with E-state index in [-0.39, 0.29) is 0 Å². The first-order valence-corrected chi connectivity index (χ1v) is 7.02. The Hall–Kier alpha value is 0.700. The summed E-state index contributed by atoms with van der Waals surface area (Å²) in [4.78, 5) is 0. The number of hydrogen-bond acceptors (Lipinski definition) is 2. The molecule has 0 fully saturated rings. The van der Waals surface area contributed by atoms with Crippen LogP contribution in [0.1, 0.15) is 34.1 Å². The lowest BCUT2D eigenvalue weighted by Gasteiger charge is -2.05. The summed E-state index contributed by atoms with van der Waals surface area (Å²) in [6.07, 6.45) is 1.37. The zero-order valence-electron chi connectivity index (χ0n) is 8.80. The molecule has 2 heteroatoms. The van der Waals surface area contributed by atoms with Gasteiger partial charge in [0, 0.05) is 11.5 Å². The highest BCUT2D eigenvalue weighted by molar-refractivity contribution is 8.03. The molecule has 12 heavy (non-hydrogen) atoms. The smallest absolute Gasteiger partial charge is 0.00261 e. The maximum atomic E-state index is 2.30. The highest BCUT2D eigenvalue weighted by Gasteiger charge is 1.96. The Balaban J connectivity index is 2.91. The molecule has 0 aliphatic rings. The highest BCUT2D eigenvalue weighted by atomic mass is 32.2. The standard InChI is InChI=1S/C10H22S2/c1-9(2)5-6-11-7-8-12-10(3)4/h9-10H,5-8H2,1-4H3. The van der Waals surface area contributed by atoms with Crippen LogP contribution in [0.15, 0.2) is 0 Å². The largest absolute Gasteiger partial charge is 0.161 e. The van der Waals surface area contributed by atoms with Gasteiger partial charge in [0.2, 0.25) is 0 Å². The molecule has 0 aromatic heterocycles. The predicted molar refractivity (Wildman–Crippen MR) is 64.4 cm³/mol. The molecule has 0 spiro atoms. The molecule has 0 bridgehead atoms. The predicted octanol–water partition coefficient (Wildman–Crippen LogP) is 3.91. The molecule has 0 amide bonds. The molecule has 0 aromatic rings. The van der Waals surface area contributed by atoms with Gasteiger partial charge < -0.3 is 0 Å². The normalized spacial score (nSPS) is 11.5. The number of thioether (sulfide) groups is 2. The first-order chi connectivity index (χ1) is 5.63. The third-order valence-electron chi connectivity index (χ3n) is 1.52. The maximum absolute atomic E-state index is 2.30. The highest BCUT2D eigenvalue weighted by Crippen LogP contribution is 2.14. The summed E-state index contributed by atoms with van der Waals surface area (Å²) < 4.78 is 0. The lowest BCUT2D eigenvalue weighted by atomic mass is 10.2.